The molecule has 5 rings (SSSR count). The molecule has 4 aromatic rings. The van der Waals surface area contributed by atoms with E-state index in [1.807, 2.05) is 28.8 Å². The van der Waals surface area contributed by atoms with Crippen molar-refractivity contribution in [1.29, 1.82) is 0 Å². The molecule has 0 unspecified atom stereocenters. The highest BCUT2D eigenvalue weighted by Gasteiger charge is 2.17. The summed E-state index contributed by atoms with van der Waals surface area (Å²) in [5.74, 6) is 0.0242. The lowest BCUT2D eigenvalue weighted by Crippen LogP contribution is -2.29. The molecular formula is C26H25N3O2. The molecule has 0 spiro atoms. The van der Waals surface area contributed by atoms with Crippen LogP contribution in [0.25, 0.3) is 22.4 Å². The number of aromatic nitrogens is 2. The second-order valence-corrected chi connectivity index (χ2v) is 8.15. The maximum absolute atomic E-state index is 11.2. The lowest BCUT2D eigenvalue weighted by atomic mass is 9.99. The van der Waals surface area contributed by atoms with Crippen LogP contribution in [0.5, 0.6) is 0 Å². The summed E-state index contributed by atoms with van der Waals surface area (Å²) in [6.07, 6.45) is 1.15. The number of carbonyl (C=O) groups is 1. The summed E-state index contributed by atoms with van der Waals surface area (Å²) in [4.78, 5) is 18.5. The largest absolute Gasteiger partial charge is 0.481 e. The van der Waals surface area contributed by atoms with Crippen molar-refractivity contribution in [2.45, 2.75) is 32.5 Å². The first-order valence-corrected chi connectivity index (χ1v) is 10.7. The summed E-state index contributed by atoms with van der Waals surface area (Å²) in [7, 11) is 0. The van der Waals surface area contributed by atoms with Gasteiger partial charge in [0.1, 0.15) is 5.82 Å². The van der Waals surface area contributed by atoms with Gasteiger partial charge in [0.15, 0.2) is 0 Å². The van der Waals surface area contributed by atoms with Crippen LogP contribution in [-0.4, -0.2) is 32.1 Å². The summed E-state index contributed by atoms with van der Waals surface area (Å²) in [6.45, 7) is 3.31. The fraction of sp³-hybridized carbons (Fsp3) is 0.231. The number of benzene rings is 3. The van der Waals surface area contributed by atoms with Crippen LogP contribution in [-0.2, 0) is 30.8 Å². The average molecular weight is 412 g/mol. The predicted molar refractivity (Wildman–Crippen MR) is 122 cm³/mol. The number of aliphatic carboxylic acids is 1. The summed E-state index contributed by atoms with van der Waals surface area (Å²) < 4.78 is 2.03. The molecule has 1 N–H and O–H groups in total. The van der Waals surface area contributed by atoms with Crippen molar-refractivity contribution < 1.29 is 9.90 Å². The van der Waals surface area contributed by atoms with E-state index in [-0.39, 0.29) is 6.42 Å². The smallest absolute Gasteiger partial charge is 0.305 e. The Bertz CT molecular complexity index is 1240. The molecule has 0 radical (unpaired) electrons. The standard InChI is InChI=1S/C26H25N3O2/c30-25(31)13-15-29-24-11-4-3-10-23(24)27-26(29)21-9-5-6-19(16-21)17-28-14-12-20-7-1-2-8-22(20)18-28/h1-11,16H,12-15,17-18H2,(H,30,31). The molecule has 0 atom stereocenters. The Kier molecular flexibility index (Phi) is 5.26. The molecule has 0 saturated carbocycles. The number of imidazole rings is 1. The molecule has 5 nitrogen and oxygen atoms in total. The second kappa shape index (κ2) is 8.36. The number of rotatable bonds is 6. The summed E-state index contributed by atoms with van der Waals surface area (Å²) in [5, 5.41) is 9.20. The van der Waals surface area contributed by atoms with Gasteiger partial charge in [-0.1, -0.05) is 54.6 Å². The number of nitrogens with zero attached hydrogens (tertiary/aromatic N) is 3. The molecule has 0 aliphatic carbocycles. The molecule has 1 aliphatic rings. The van der Waals surface area contributed by atoms with Crippen molar-refractivity contribution in [2.75, 3.05) is 6.54 Å². The van der Waals surface area contributed by atoms with Gasteiger partial charge in [0.2, 0.25) is 0 Å². The molecule has 0 amide bonds. The average Bonchev–Trinajstić information content (AvgIpc) is 3.16. The van der Waals surface area contributed by atoms with Gasteiger partial charge in [0, 0.05) is 31.7 Å². The Hall–Kier alpha value is -3.44. The van der Waals surface area contributed by atoms with Gasteiger partial charge < -0.3 is 9.67 Å². The van der Waals surface area contributed by atoms with E-state index in [1.54, 1.807) is 0 Å². The molecule has 156 valence electrons. The van der Waals surface area contributed by atoms with Crippen LogP contribution >= 0.6 is 0 Å². The van der Waals surface area contributed by atoms with Crippen LogP contribution in [0.1, 0.15) is 23.1 Å². The number of aryl methyl sites for hydroxylation is 1. The van der Waals surface area contributed by atoms with Crippen LogP contribution in [0.3, 0.4) is 0 Å². The van der Waals surface area contributed by atoms with Crippen LogP contribution < -0.4 is 0 Å². The van der Waals surface area contributed by atoms with Crippen molar-refractivity contribution in [3.8, 4) is 11.4 Å². The number of hydrogen-bond donors (Lipinski definition) is 1. The van der Waals surface area contributed by atoms with E-state index in [1.165, 1.54) is 16.7 Å². The van der Waals surface area contributed by atoms with Crippen LogP contribution in [0.4, 0.5) is 0 Å². The van der Waals surface area contributed by atoms with E-state index in [9.17, 15) is 9.90 Å². The number of para-hydroxylation sites is 2. The Morgan fingerprint density at radius 2 is 1.77 bits per heavy atom. The SMILES string of the molecule is O=C(O)CCn1c(-c2cccc(CN3CCc4ccccc4C3)c2)nc2ccccc21. The molecular weight excluding hydrogens is 386 g/mol. The first-order chi connectivity index (χ1) is 15.2. The van der Waals surface area contributed by atoms with Gasteiger partial charge in [-0.3, -0.25) is 9.69 Å². The van der Waals surface area contributed by atoms with E-state index in [0.717, 1.165) is 48.5 Å². The molecule has 0 bridgehead atoms. The molecule has 5 heteroatoms. The Labute approximate surface area is 181 Å². The number of fused-ring (bicyclic) bond motifs is 2. The second-order valence-electron chi connectivity index (χ2n) is 8.15. The predicted octanol–water partition coefficient (Wildman–Crippen LogP) is 4.74. The topological polar surface area (TPSA) is 58.4 Å². The van der Waals surface area contributed by atoms with Crippen molar-refractivity contribution >= 4 is 17.0 Å². The van der Waals surface area contributed by atoms with Crippen molar-refractivity contribution in [3.63, 3.8) is 0 Å². The van der Waals surface area contributed by atoms with Gasteiger partial charge in [0.05, 0.1) is 17.5 Å². The maximum Gasteiger partial charge on any atom is 0.305 e. The highest BCUT2D eigenvalue weighted by atomic mass is 16.4. The molecule has 1 aromatic heterocycles. The monoisotopic (exact) mass is 411 g/mol. The third kappa shape index (κ3) is 4.09. The Balaban J connectivity index is 1.43. The van der Waals surface area contributed by atoms with E-state index in [0.29, 0.717) is 6.54 Å². The van der Waals surface area contributed by atoms with E-state index in [4.69, 9.17) is 4.98 Å². The lowest BCUT2D eigenvalue weighted by molar-refractivity contribution is -0.137. The van der Waals surface area contributed by atoms with Crippen LogP contribution in [0.2, 0.25) is 0 Å². The Morgan fingerprint density at radius 3 is 2.65 bits per heavy atom. The molecule has 2 heterocycles. The minimum absolute atomic E-state index is 0.0697. The lowest BCUT2D eigenvalue weighted by Gasteiger charge is -2.28. The zero-order chi connectivity index (χ0) is 21.2. The fourth-order valence-electron chi connectivity index (χ4n) is 4.49. The number of carboxylic acid groups (broad SMARTS) is 1. The normalized spacial score (nSPS) is 13.9. The summed E-state index contributed by atoms with van der Waals surface area (Å²) in [6, 6.07) is 25.1. The molecule has 1 aliphatic heterocycles. The Morgan fingerprint density at radius 1 is 0.968 bits per heavy atom. The highest BCUT2D eigenvalue weighted by Crippen LogP contribution is 2.27. The van der Waals surface area contributed by atoms with E-state index < -0.39 is 5.97 Å². The van der Waals surface area contributed by atoms with Gasteiger partial charge >= 0.3 is 5.97 Å². The zero-order valence-electron chi connectivity index (χ0n) is 17.4. The quantitative estimate of drug-likeness (QED) is 0.498. The molecule has 0 fully saturated rings. The summed E-state index contributed by atoms with van der Waals surface area (Å²) in [5.41, 5.74) is 7.00. The van der Waals surface area contributed by atoms with E-state index in [2.05, 4.69) is 53.4 Å². The van der Waals surface area contributed by atoms with Crippen molar-refractivity contribution in [2.24, 2.45) is 0 Å². The van der Waals surface area contributed by atoms with Crippen LogP contribution in [0, 0.1) is 0 Å². The first-order valence-electron chi connectivity index (χ1n) is 10.7. The molecule has 0 saturated heterocycles. The van der Waals surface area contributed by atoms with Gasteiger partial charge in [-0.2, -0.15) is 0 Å². The highest BCUT2D eigenvalue weighted by molar-refractivity contribution is 5.81. The maximum atomic E-state index is 11.2. The number of hydrogen-bond acceptors (Lipinski definition) is 3. The van der Waals surface area contributed by atoms with Crippen LogP contribution in [0.15, 0.2) is 72.8 Å². The van der Waals surface area contributed by atoms with Crippen molar-refractivity contribution in [1.82, 2.24) is 14.5 Å². The van der Waals surface area contributed by atoms with Gasteiger partial charge in [-0.15, -0.1) is 0 Å². The minimum atomic E-state index is -0.803. The van der Waals surface area contributed by atoms with E-state index >= 15 is 0 Å². The van der Waals surface area contributed by atoms with Gasteiger partial charge in [-0.05, 0) is 41.3 Å². The third-order valence-electron chi connectivity index (χ3n) is 6.00. The van der Waals surface area contributed by atoms with Crippen molar-refractivity contribution in [3.05, 3.63) is 89.5 Å². The zero-order valence-corrected chi connectivity index (χ0v) is 17.4. The van der Waals surface area contributed by atoms with Gasteiger partial charge in [-0.25, -0.2) is 4.98 Å². The first kappa shape index (κ1) is 19.5. The summed E-state index contributed by atoms with van der Waals surface area (Å²) >= 11 is 0. The minimum Gasteiger partial charge on any atom is -0.481 e. The fourth-order valence-corrected chi connectivity index (χ4v) is 4.49. The molecule has 31 heavy (non-hydrogen) atoms. The number of carboxylic acids is 1. The van der Waals surface area contributed by atoms with Gasteiger partial charge in [0.25, 0.3) is 0 Å². The third-order valence-corrected chi connectivity index (χ3v) is 6.00. The molecule has 3 aromatic carbocycles.